The van der Waals surface area contributed by atoms with Crippen molar-refractivity contribution in [3.8, 4) is 11.5 Å². The van der Waals surface area contributed by atoms with Gasteiger partial charge in [-0.3, -0.25) is 10.2 Å². The van der Waals surface area contributed by atoms with Gasteiger partial charge in [0, 0.05) is 36.1 Å². The van der Waals surface area contributed by atoms with Crippen molar-refractivity contribution in [2.45, 2.75) is 24.0 Å². The maximum atomic E-state index is 6.35. The number of nitrogens with one attached hydrogen (secondary N) is 1. The molecule has 1 aliphatic carbocycles. The highest BCUT2D eigenvalue weighted by Gasteiger charge is 2.77. The number of hydrogen-bond donors (Lipinski definition) is 1. The van der Waals surface area contributed by atoms with Gasteiger partial charge in [0.2, 0.25) is 0 Å². The zero-order valence-corrected chi connectivity index (χ0v) is 15.5. The van der Waals surface area contributed by atoms with E-state index in [1.165, 1.54) is 19.4 Å². The predicted octanol–water partition coefficient (Wildman–Crippen LogP) is 2.27. The number of methoxy groups -OCH3 is 2. The van der Waals surface area contributed by atoms with Crippen molar-refractivity contribution in [3.63, 3.8) is 0 Å². The minimum absolute atomic E-state index is 0.119. The topological polar surface area (TPSA) is 68.2 Å². The average Bonchev–Trinajstić information content (AvgIpc) is 3.32. The lowest BCUT2D eigenvalue weighted by atomic mass is 9.98. The SMILES string of the molecule is COc1cc2cnc(NC3=NCC4(CN5CCC56CC46)O3)cc2cc1OC. The van der Waals surface area contributed by atoms with E-state index in [1.807, 2.05) is 24.4 Å². The maximum Gasteiger partial charge on any atom is 0.291 e. The van der Waals surface area contributed by atoms with Crippen molar-refractivity contribution in [1.29, 1.82) is 0 Å². The van der Waals surface area contributed by atoms with Crippen LogP contribution in [0, 0.1) is 5.92 Å². The first-order chi connectivity index (χ1) is 13.2. The molecule has 3 aliphatic heterocycles. The monoisotopic (exact) mass is 366 g/mol. The Morgan fingerprint density at radius 1 is 1.19 bits per heavy atom. The second kappa shape index (κ2) is 5.04. The van der Waals surface area contributed by atoms with E-state index in [0.717, 1.165) is 29.7 Å². The fourth-order valence-electron chi connectivity index (χ4n) is 5.26. The molecule has 7 heteroatoms. The molecule has 2 aromatic rings. The Labute approximate surface area is 157 Å². The Hall–Kier alpha value is -2.54. The van der Waals surface area contributed by atoms with E-state index < -0.39 is 0 Å². The van der Waals surface area contributed by atoms with Crippen molar-refractivity contribution in [3.05, 3.63) is 24.4 Å². The molecular formula is C20H22N4O3. The highest BCUT2D eigenvalue weighted by atomic mass is 16.5. The number of benzene rings is 1. The Kier molecular flexibility index (Phi) is 2.90. The van der Waals surface area contributed by atoms with Crippen LogP contribution in [0.15, 0.2) is 29.4 Å². The fourth-order valence-corrected chi connectivity index (χ4v) is 5.26. The van der Waals surface area contributed by atoms with E-state index in [-0.39, 0.29) is 5.60 Å². The molecule has 7 nitrogen and oxygen atoms in total. The number of fused-ring (bicyclic) bond motifs is 2. The first kappa shape index (κ1) is 15.5. The minimum Gasteiger partial charge on any atom is -0.493 e. The lowest BCUT2D eigenvalue weighted by Gasteiger charge is -2.39. The van der Waals surface area contributed by atoms with E-state index in [1.54, 1.807) is 14.2 Å². The van der Waals surface area contributed by atoms with Gasteiger partial charge in [0.15, 0.2) is 11.5 Å². The average molecular weight is 366 g/mol. The minimum atomic E-state index is -0.119. The number of rotatable bonds is 3. The molecule has 3 atom stereocenters. The van der Waals surface area contributed by atoms with Crippen LogP contribution in [0.25, 0.3) is 10.8 Å². The van der Waals surface area contributed by atoms with Gasteiger partial charge in [-0.25, -0.2) is 9.98 Å². The second-order valence-electron chi connectivity index (χ2n) is 8.07. The molecule has 27 heavy (non-hydrogen) atoms. The summed E-state index contributed by atoms with van der Waals surface area (Å²) >= 11 is 0. The molecule has 0 bridgehead atoms. The summed E-state index contributed by atoms with van der Waals surface area (Å²) < 4.78 is 17.1. The molecule has 0 amide bonds. The van der Waals surface area contributed by atoms with Crippen LogP contribution < -0.4 is 14.8 Å². The van der Waals surface area contributed by atoms with Crippen molar-refractivity contribution in [2.24, 2.45) is 10.9 Å². The molecule has 3 unspecified atom stereocenters. The quantitative estimate of drug-likeness (QED) is 0.899. The number of amidine groups is 1. The Morgan fingerprint density at radius 2 is 2.00 bits per heavy atom. The molecule has 1 aromatic carbocycles. The van der Waals surface area contributed by atoms with E-state index in [9.17, 15) is 0 Å². The molecule has 4 heterocycles. The van der Waals surface area contributed by atoms with Gasteiger partial charge in [-0.2, -0.15) is 0 Å². The standard InChI is InChI=1S/C20H22N4O3/c1-25-14-5-12-7-17(21-9-13(12)6-15(14)26-2)23-18-22-10-20(27-18)11-24-4-3-19(24)8-16(19)20/h5-7,9,16H,3-4,8,10-11H2,1-2H3,(H,21,22,23). The van der Waals surface area contributed by atoms with Gasteiger partial charge in [-0.05, 0) is 36.4 Å². The highest BCUT2D eigenvalue weighted by Crippen LogP contribution is 2.67. The van der Waals surface area contributed by atoms with Crippen LogP contribution in [0.4, 0.5) is 5.82 Å². The Bertz CT molecular complexity index is 993. The van der Waals surface area contributed by atoms with Gasteiger partial charge < -0.3 is 14.2 Å². The molecule has 1 aromatic heterocycles. The Balaban J connectivity index is 1.23. The number of ether oxygens (including phenoxy) is 3. The zero-order valence-electron chi connectivity index (χ0n) is 15.5. The van der Waals surface area contributed by atoms with Crippen molar-refractivity contribution in [2.75, 3.05) is 39.2 Å². The predicted molar refractivity (Wildman–Crippen MR) is 102 cm³/mol. The summed E-state index contributed by atoms with van der Waals surface area (Å²) in [6.07, 6.45) is 4.41. The smallest absolute Gasteiger partial charge is 0.291 e. The first-order valence-corrected chi connectivity index (χ1v) is 9.43. The molecule has 1 N–H and O–H groups in total. The molecule has 1 saturated carbocycles. The van der Waals surface area contributed by atoms with Gasteiger partial charge in [-0.1, -0.05) is 0 Å². The largest absolute Gasteiger partial charge is 0.493 e. The number of aromatic nitrogens is 1. The summed E-state index contributed by atoms with van der Waals surface area (Å²) in [5.41, 5.74) is 0.341. The summed E-state index contributed by atoms with van der Waals surface area (Å²) in [6.45, 7) is 2.97. The van der Waals surface area contributed by atoms with Crippen LogP contribution in [-0.4, -0.2) is 60.9 Å². The van der Waals surface area contributed by atoms with Crippen LogP contribution in [-0.2, 0) is 4.74 Å². The van der Waals surface area contributed by atoms with E-state index in [2.05, 4.69) is 20.2 Å². The highest BCUT2D eigenvalue weighted by molar-refractivity contribution is 5.93. The summed E-state index contributed by atoms with van der Waals surface area (Å²) in [5, 5.41) is 5.27. The van der Waals surface area contributed by atoms with Crippen LogP contribution in [0.5, 0.6) is 11.5 Å². The molecule has 0 radical (unpaired) electrons. The van der Waals surface area contributed by atoms with Crippen LogP contribution >= 0.6 is 0 Å². The number of nitrogens with zero attached hydrogens (tertiary/aromatic N) is 3. The lowest BCUT2D eigenvalue weighted by molar-refractivity contribution is 0.0433. The number of hydrogen-bond acceptors (Lipinski definition) is 7. The molecule has 2 saturated heterocycles. The van der Waals surface area contributed by atoms with E-state index in [0.29, 0.717) is 29.0 Å². The van der Waals surface area contributed by atoms with Crippen molar-refractivity contribution >= 4 is 22.6 Å². The number of aliphatic imine (C=N–C) groups is 1. The summed E-state index contributed by atoms with van der Waals surface area (Å²) in [6, 6.07) is 6.45. The molecule has 6 rings (SSSR count). The van der Waals surface area contributed by atoms with Gasteiger partial charge in [0.1, 0.15) is 11.4 Å². The third kappa shape index (κ3) is 2.00. The van der Waals surface area contributed by atoms with Crippen LogP contribution in [0.2, 0.25) is 0 Å². The van der Waals surface area contributed by atoms with Gasteiger partial charge in [0.05, 0.1) is 20.8 Å². The fraction of sp³-hybridized carbons (Fsp3) is 0.500. The number of anilines is 1. The third-order valence-corrected chi connectivity index (χ3v) is 6.83. The van der Waals surface area contributed by atoms with Gasteiger partial charge in [0.25, 0.3) is 6.02 Å². The number of pyridine rings is 1. The van der Waals surface area contributed by atoms with Crippen molar-refractivity contribution in [1.82, 2.24) is 9.88 Å². The second-order valence-corrected chi connectivity index (χ2v) is 8.07. The summed E-state index contributed by atoms with van der Waals surface area (Å²) in [7, 11) is 3.27. The normalized spacial score (nSPS) is 33.1. The molecule has 2 spiro atoms. The lowest BCUT2D eigenvalue weighted by Crippen LogP contribution is -2.49. The van der Waals surface area contributed by atoms with E-state index >= 15 is 0 Å². The van der Waals surface area contributed by atoms with Gasteiger partial charge in [-0.15, -0.1) is 0 Å². The third-order valence-electron chi connectivity index (χ3n) is 6.83. The maximum absolute atomic E-state index is 6.35. The first-order valence-electron chi connectivity index (χ1n) is 9.43. The molecular weight excluding hydrogens is 344 g/mol. The zero-order chi connectivity index (χ0) is 18.2. The van der Waals surface area contributed by atoms with E-state index in [4.69, 9.17) is 14.2 Å². The van der Waals surface area contributed by atoms with Crippen LogP contribution in [0.3, 0.4) is 0 Å². The Morgan fingerprint density at radius 3 is 2.63 bits per heavy atom. The summed E-state index contributed by atoms with van der Waals surface area (Å²) in [5.74, 6) is 2.76. The number of piperidine rings is 1. The molecule has 4 aliphatic rings. The van der Waals surface area contributed by atoms with Crippen molar-refractivity contribution < 1.29 is 14.2 Å². The molecule has 140 valence electrons. The molecule has 3 fully saturated rings. The van der Waals surface area contributed by atoms with Crippen LogP contribution in [0.1, 0.15) is 12.8 Å². The summed E-state index contributed by atoms with van der Waals surface area (Å²) in [4.78, 5) is 11.7. The van der Waals surface area contributed by atoms with Gasteiger partial charge >= 0.3 is 0 Å².